The fourth-order valence-electron chi connectivity index (χ4n) is 4.64. The summed E-state index contributed by atoms with van der Waals surface area (Å²) in [6, 6.07) is 0. The summed E-state index contributed by atoms with van der Waals surface area (Å²) in [6.07, 6.45) is 31.3. The normalized spacial score (nSPS) is 14.5. The number of hydrogen-bond acceptors (Lipinski definition) is 9. The Bertz CT molecular complexity index is 905. The van der Waals surface area contributed by atoms with Crippen molar-refractivity contribution in [2.45, 2.75) is 161 Å². The minimum absolute atomic E-state index is 0.179. The van der Waals surface area contributed by atoms with Gasteiger partial charge in [0.25, 0.3) is 0 Å². The maximum absolute atomic E-state index is 12.4. The molecule has 0 rings (SSSR count). The van der Waals surface area contributed by atoms with E-state index in [1.54, 1.807) is 0 Å². The van der Waals surface area contributed by atoms with E-state index in [9.17, 15) is 24.2 Å². The molecule has 11 heteroatoms. The Balaban J connectivity index is 4.36. The van der Waals surface area contributed by atoms with Gasteiger partial charge in [-0.3, -0.25) is 18.6 Å². The molecule has 0 saturated carbocycles. The quantitative estimate of drug-likeness (QED) is 0.0257. The van der Waals surface area contributed by atoms with E-state index in [0.717, 1.165) is 57.8 Å². The van der Waals surface area contributed by atoms with Crippen LogP contribution < -0.4 is 0 Å². The second kappa shape index (κ2) is 33.7. The van der Waals surface area contributed by atoms with Crippen LogP contribution in [-0.2, 0) is 32.7 Å². The Morgan fingerprint density at radius 1 is 0.625 bits per heavy atom. The van der Waals surface area contributed by atoms with Gasteiger partial charge in [-0.05, 0) is 51.4 Å². The number of hydrogen-bond donors (Lipinski definition) is 3. The van der Waals surface area contributed by atoms with Gasteiger partial charge in [-0.15, -0.1) is 0 Å². The molecule has 0 spiro atoms. The number of aliphatic hydroxyl groups is 2. The average Bonchev–Trinajstić information content (AvgIpc) is 3.07. The van der Waals surface area contributed by atoms with Gasteiger partial charge in [-0.25, -0.2) is 4.57 Å². The van der Waals surface area contributed by atoms with Gasteiger partial charge in [-0.2, -0.15) is 0 Å². The van der Waals surface area contributed by atoms with E-state index in [2.05, 4.69) is 54.8 Å². The van der Waals surface area contributed by atoms with Crippen molar-refractivity contribution in [3.8, 4) is 0 Å². The van der Waals surface area contributed by atoms with E-state index in [1.165, 1.54) is 51.4 Å². The molecule has 1 unspecified atom stereocenters. The van der Waals surface area contributed by atoms with Gasteiger partial charge in [0.1, 0.15) is 12.7 Å². The first-order chi connectivity index (χ1) is 23.2. The Hall–Kier alpha value is -1.81. The molecule has 280 valence electrons. The maximum atomic E-state index is 12.4. The monoisotopic (exact) mass is 702 g/mol. The van der Waals surface area contributed by atoms with Gasteiger partial charge in [0, 0.05) is 12.8 Å². The van der Waals surface area contributed by atoms with Crippen molar-refractivity contribution >= 4 is 19.8 Å². The summed E-state index contributed by atoms with van der Waals surface area (Å²) in [6.45, 7) is 2.26. The van der Waals surface area contributed by atoms with Crippen LogP contribution in [0.25, 0.3) is 0 Å². The molecule has 0 fully saturated rings. The first kappa shape index (κ1) is 46.2. The van der Waals surface area contributed by atoms with Crippen molar-refractivity contribution in [1.29, 1.82) is 0 Å². The highest BCUT2D eigenvalue weighted by Crippen LogP contribution is 2.43. The lowest BCUT2D eigenvalue weighted by Crippen LogP contribution is -2.29. The second-order valence-electron chi connectivity index (χ2n) is 12.3. The van der Waals surface area contributed by atoms with Crippen LogP contribution in [0.5, 0.6) is 0 Å². The van der Waals surface area contributed by atoms with Gasteiger partial charge >= 0.3 is 19.8 Å². The number of allylic oxidation sites excluding steroid dienone is 6. The topological polar surface area (TPSA) is 149 Å². The lowest BCUT2D eigenvalue weighted by molar-refractivity contribution is -0.161. The maximum Gasteiger partial charge on any atom is 0.472 e. The van der Waals surface area contributed by atoms with Gasteiger partial charge < -0.3 is 24.6 Å². The molecule has 48 heavy (non-hydrogen) atoms. The summed E-state index contributed by atoms with van der Waals surface area (Å²) in [5.74, 6) is -0.957. The van der Waals surface area contributed by atoms with Gasteiger partial charge in [-0.1, -0.05) is 121 Å². The van der Waals surface area contributed by atoms with Crippen LogP contribution in [0.15, 0.2) is 36.5 Å². The van der Waals surface area contributed by atoms with Crippen molar-refractivity contribution in [2.75, 3.05) is 26.4 Å². The summed E-state index contributed by atoms with van der Waals surface area (Å²) in [4.78, 5) is 34.7. The number of rotatable bonds is 34. The second-order valence-corrected chi connectivity index (χ2v) is 13.7. The highest BCUT2D eigenvalue weighted by atomic mass is 31.2. The third-order valence-electron chi connectivity index (χ3n) is 7.55. The Morgan fingerprint density at radius 3 is 1.67 bits per heavy atom. The Morgan fingerprint density at radius 2 is 1.08 bits per heavy atom. The van der Waals surface area contributed by atoms with Crippen molar-refractivity contribution in [2.24, 2.45) is 0 Å². The van der Waals surface area contributed by atoms with E-state index >= 15 is 0 Å². The average molecular weight is 703 g/mol. The molecule has 0 amide bonds. The molecular formula is C37H67O10P. The summed E-state index contributed by atoms with van der Waals surface area (Å²) in [5.41, 5.74) is 0. The number of carbonyl (C=O) groups is 2. The van der Waals surface area contributed by atoms with E-state index in [1.807, 2.05) is 0 Å². The van der Waals surface area contributed by atoms with Crippen LogP contribution in [0.2, 0.25) is 0 Å². The Kier molecular flexibility index (Phi) is 32.4. The summed E-state index contributed by atoms with van der Waals surface area (Å²) in [7, 11) is -4.61. The molecule has 0 aromatic carbocycles. The van der Waals surface area contributed by atoms with Crippen molar-refractivity contribution in [1.82, 2.24) is 0 Å². The first-order valence-corrected chi connectivity index (χ1v) is 19.9. The molecule has 3 N–H and O–H groups in total. The zero-order valence-corrected chi connectivity index (χ0v) is 30.8. The van der Waals surface area contributed by atoms with Crippen LogP contribution in [-0.4, -0.2) is 65.7 Å². The molecule has 10 nitrogen and oxygen atoms in total. The van der Waals surface area contributed by atoms with E-state index in [4.69, 9.17) is 19.1 Å². The van der Waals surface area contributed by atoms with E-state index < -0.39 is 51.8 Å². The van der Waals surface area contributed by atoms with E-state index in [-0.39, 0.29) is 19.4 Å². The fraction of sp³-hybridized carbons (Fsp3) is 0.784. The number of ether oxygens (including phenoxy) is 2. The highest BCUT2D eigenvalue weighted by Gasteiger charge is 2.27. The summed E-state index contributed by atoms with van der Waals surface area (Å²) >= 11 is 0. The van der Waals surface area contributed by atoms with Crippen LogP contribution in [0.3, 0.4) is 0 Å². The zero-order valence-electron chi connectivity index (χ0n) is 29.9. The molecule has 0 aromatic heterocycles. The minimum Gasteiger partial charge on any atom is -0.462 e. The van der Waals surface area contributed by atoms with Crippen LogP contribution in [0.4, 0.5) is 0 Å². The molecular weight excluding hydrogens is 635 g/mol. The number of carbonyl (C=O) groups excluding carboxylic acids is 2. The molecule has 0 aliphatic rings. The van der Waals surface area contributed by atoms with Gasteiger partial charge in [0.2, 0.25) is 0 Å². The lowest BCUT2D eigenvalue weighted by atomic mass is 10.1. The largest absolute Gasteiger partial charge is 0.472 e. The molecule has 0 bridgehead atoms. The SMILES string of the molecule is CCCCC/C=C/C/C=C/C/C=C/CCCCCCC(=O)OC[C@@H](COP(=O)(O)OC[C@H](O)CO)OC(=O)CCCCCCCCCC. The smallest absolute Gasteiger partial charge is 0.462 e. The first-order valence-electron chi connectivity index (χ1n) is 18.4. The predicted octanol–water partition coefficient (Wildman–Crippen LogP) is 8.83. The molecule has 0 aromatic rings. The third kappa shape index (κ3) is 32.7. The molecule has 0 saturated heterocycles. The highest BCUT2D eigenvalue weighted by molar-refractivity contribution is 7.47. The van der Waals surface area contributed by atoms with Gasteiger partial charge in [0.15, 0.2) is 6.10 Å². The Labute approximate surface area is 291 Å². The number of phosphoric ester groups is 1. The summed E-state index contributed by atoms with van der Waals surface area (Å²) < 4.78 is 32.4. The van der Waals surface area contributed by atoms with Crippen molar-refractivity contribution < 1.29 is 47.8 Å². The molecule has 0 aliphatic carbocycles. The van der Waals surface area contributed by atoms with Gasteiger partial charge in [0.05, 0.1) is 19.8 Å². The van der Waals surface area contributed by atoms with E-state index in [0.29, 0.717) is 12.8 Å². The van der Waals surface area contributed by atoms with Crippen molar-refractivity contribution in [3.05, 3.63) is 36.5 Å². The number of aliphatic hydroxyl groups excluding tert-OH is 2. The zero-order chi connectivity index (χ0) is 35.6. The number of phosphoric acid groups is 1. The predicted molar refractivity (Wildman–Crippen MR) is 191 cm³/mol. The summed E-state index contributed by atoms with van der Waals surface area (Å²) in [5, 5.41) is 18.2. The lowest BCUT2D eigenvalue weighted by Gasteiger charge is -2.20. The molecule has 3 atom stereocenters. The minimum atomic E-state index is -4.61. The molecule has 0 aliphatic heterocycles. The molecule has 0 heterocycles. The number of unbranched alkanes of at least 4 members (excludes halogenated alkanes) is 14. The third-order valence-corrected chi connectivity index (χ3v) is 8.50. The van der Waals surface area contributed by atoms with Crippen LogP contribution in [0.1, 0.15) is 149 Å². The fourth-order valence-corrected chi connectivity index (χ4v) is 5.43. The standard InChI is InChI=1S/C37H67O10P/c1-3-5-7-9-11-13-14-15-16-17-18-19-20-21-23-24-26-28-36(40)44-32-35(33-46-48(42,43)45-31-34(39)30-38)47-37(41)29-27-25-22-12-10-8-6-4-2/h11,13,15-16,18-19,34-35,38-39H,3-10,12,14,17,20-33H2,1-2H3,(H,42,43)/b13-11+,16-15+,19-18+/t34-,35+/m1/s1. The molecule has 0 radical (unpaired) electrons. The van der Waals surface area contributed by atoms with Crippen molar-refractivity contribution in [3.63, 3.8) is 0 Å². The number of esters is 2. The van der Waals surface area contributed by atoms with Crippen LogP contribution in [0, 0.1) is 0 Å². The van der Waals surface area contributed by atoms with Crippen LogP contribution >= 0.6 is 7.82 Å².